The first-order valence-electron chi connectivity index (χ1n) is 7.52. The van der Waals surface area contributed by atoms with Crippen molar-refractivity contribution in [1.29, 1.82) is 0 Å². The Balaban J connectivity index is 1.94. The third kappa shape index (κ3) is 3.58. The minimum Gasteiger partial charge on any atom is -0.453 e. The lowest BCUT2D eigenvalue weighted by Gasteiger charge is -2.12. The van der Waals surface area contributed by atoms with Gasteiger partial charge in [0.1, 0.15) is 5.82 Å². The van der Waals surface area contributed by atoms with Crippen molar-refractivity contribution in [3.05, 3.63) is 72.0 Å². The number of benzene rings is 3. The van der Waals surface area contributed by atoms with Crippen molar-refractivity contribution < 1.29 is 18.7 Å². The van der Waals surface area contributed by atoms with Gasteiger partial charge in [-0.15, -0.1) is 0 Å². The van der Waals surface area contributed by atoms with Gasteiger partial charge in [-0.05, 0) is 36.4 Å². The van der Waals surface area contributed by atoms with E-state index in [4.69, 9.17) is 0 Å². The van der Waals surface area contributed by atoms with E-state index in [1.165, 1.54) is 31.4 Å². The highest BCUT2D eigenvalue weighted by Gasteiger charge is 2.11. The largest absolute Gasteiger partial charge is 0.453 e. The van der Waals surface area contributed by atoms with Gasteiger partial charge in [-0.25, -0.2) is 9.18 Å². The van der Waals surface area contributed by atoms with Crippen LogP contribution in [0.4, 0.5) is 20.6 Å². The quantitative estimate of drug-likeness (QED) is 0.743. The highest BCUT2D eigenvalue weighted by molar-refractivity contribution is 6.11. The van der Waals surface area contributed by atoms with E-state index < -0.39 is 11.9 Å². The van der Waals surface area contributed by atoms with Gasteiger partial charge in [0.05, 0.1) is 12.8 Å². The van der Waals surface area contributed by atoms with Gasteiger partial charge in [-0.3, -0.25) is 10.1 Å². The van der Waals surface area contributed by atoms with Gasteiger partial charge in [0.25, 0.3) is 5.91 Å². The van der Waals surface area contributed by atoms with Crippen molar-refractivity contribution in [2.75, 3.05) is 17.7 Å². The molecule has 0 saturated heterocycles. The van der Waals surface area contributed by atoms with Gasteiger partial charge in [0.15, 0.2) is 0 Å². The molecule has 0 aliphatic carbocycles. The van der Waals surface area contributed by atoms with Crippen LogP contribution in [-0.2, 0) is 4.74 Å². The average molecular weight is 338 g/mol. The molecule has 0 atom stereocenters. The van der Waals surface area contributed by atoms with E-state index in [-0.39, 0.29) is 5.91 Å². The summed E-state index contributed by atoms with van der Waals surface area (Å²) < 4.78 is 17.6. The van der Waals surface area contributed by atoms with Gasteiger partial charge in [0, 0.05) is 22.0 Å². The lowest BCUT2D eigenvalue weighted by molar-refractivity contribution is 0.102. The Kier molecular flexibility index (Phi) is 4.61. The molecule has 0 heterocycles. The van der Waals surface area contributed by atoms with E-state index in [1.807, 2.05) is 12.1 Å². The van der Waals surface area contributed by atoms with Gasteiger partial charge in [-0.2, -0.15) is 0 Å². The summed E-state index contributed by atoms with van der Waals surface area (Å²) in [5.41, 5.74) is 1.50. The Morgan fingerprint density at radius 3 is 1.96 bits per heavy atom. The summed E-state index contributed by atoms with van der Waals surface area (Å²) in [4.78, 5) is 23.8. The van der Waals surface area contributed by atoms with E-state index in [2.05, 4.69) is 15.4 Å². The summed E-state index contributed by atoms with van der Waals surface area (Å²) in [6.07, 6.45) is -0.576. The van der Waals surface area contributed by atoms with Crippen LogP contribution in [0.25, 0.3) is 10.8 Å². The minimum absolute atomic E-state index is 0.348. The van der Waals surface area contributed by atoms with E-state index >= 15 is 0 Å². The Morgan fingerprint density at radius 1 is 0.840 bits per heavy atom. The fraction of sp³-hybridized carbons (Fsp3) is 0.0526. The number of carbonyl (C=O) groups is 2. The second-order valence-corrected chi connectivity index (χ2v) is 5.28. The number of fused-ring (bicyclic) bond motifs is 1. The molecule has 0 fully saturated rings. The van der Waals surface area contributed by atoms with Gasteiger partial charge >= 0.3 is 6.09 Å². The normalized spacial score (nSPS) is 10.3. The van der Waals surface area contributed by atoms with E-state index in [9.17, 15) is 14.0 Å². The van der Waals surface area contributed by atoms with E-state index in [1.54, 1.807) is 24.3 Å². The first-order chi connectivity index (χ1) is 12.1. The number of ether oxygens (including phenoxy) is 1. The minimum atomic E-state index is -0.576. The lowest BCUT2D eigenvalue weighted by atomic mass is 10.1. The van der Waals surface area contributed by atoms with Crippen molar-refractivity contribution in [1.82, 2.24) is 0 Å². The molecule has 0 unspecified atom stereocenters. The van der Waals surface area contributed by atoms with Crippen LogP contribution in [0.3, 0.4) is 0 Å². The monoisotopic (exact) mass is 338 g/mol. The molecule has 0 bridgehead atoms. The summed E-state index contributed by atoms with van der Waals surface area (Å²) in [6.45, 7) is 0. The molecule has 3 rings (SSSR count). The summed E-state index contributed by atoms with van der Waals surface area (Å²) in [7, 11) is 1.29. The zero-order valence-electron chi connectivity index (χ0n) is 13.4. The Hall–Kier alpha value is -3.41. The van der Waals surface area contributed by atoms with Crippen LogP contribution in [0.15, 0.2) is 60.7 Å². The van der Waals surface area contributed by atoms with Crippen molar-refractivity contribution in [3.63, 3.8) is 0 Å². The molecule has 0 radical (unpaired) electrons. The molecule has 6 heteroatoms. The fourth-order valence-corrected chi connectivity index (χ4v) is 2.48. The molecule has 0 spiro atoms. The lowest BCUT2D eigenvalue weighted by Crippen LogP contribution is -2.13. The number of halogens is 1. The number of hydrogen-bond donors (Lipinski definition) is 2. The Bertz CT molecular complexity index is 939. The zero-order chi connectivity index (χ0) is 17.8. The predicted molar refractivity (Wildman–Crippen MR) is 94.3 cm³/mol. The fourth-order valence-electron chi connectivity index (χ4n) is 2.48. The van der Waals surface area contributed by atoms with Crippen LogP contribution >= 0.6 is 0 Å². The first-order valence-corrected chi connectivity index (χ1v) is 7.52. The summed E-state index contributed by atoms with van der Waals surface area (Å²) >= 11 is 0. The topological polar surface area (TPSA) is 67.4 Å². The zero-order valence-corrected chi connectivity index (χ0v) is 13.4. The summed E-state index contributed by atoms with van der Waals surface area (Å²) in [5.74, 6) is -0.751. The molecule has 0 aliphatic rings. The molecular formula is C19H15FN2O3. The number of carbonyl (C=O) groups excluding carboxylic acids is 2. The van der Waals surface area contributed by atoms with Crippen molar-refractivity contribution in [2.24, 2.45) is 0 Å². The van der Waals surface area contributed by atoms with E-state index in [0.717, 1.165) is 10.8 Å². The molecule has 3 aromatic carbocycles. The number of anilines is 2. The third-order valence-corrected chi connectivity index (χ3v) is 3.70. The number of hydrogen-bond acceptors (Lipinski definition) is 3. The van der Waals surface area contributed by atoms with Crippen LogP contribution in [0.1, 0.15) is 10.4 Å². The predicted octanol–water partition coefficient (Wildman–Crippen LogP) is 4.41. The number of methoxy groups -OCH3 is 1. The first kappa shape index (κ1) is 16.4. The smallest absolute Gasteiger partial charge is 0.411 e. The van der Waals surface area contributed by atoms with Crippen molar-refractivity contribution >= 4 is 34.1 Å². The highest BCUT2D eigenvalue weighted by atomic mass is 19.1. The van der Waals surface area contributed by atoms with Crippen LogP contribution in [0, 0.1) is 5.82 Å². The maximum Gasteiger partial charge on any atom is 0.411 e. The molecule has 3 aromatic rings. The molecular weight excluding hydrogens is 323 g/mol. The third-order valence-electron chi connectivity index (χ3n) is 3.70. The number of rotatable bonds is 3. The molecule has 0 saturated carbocycles. The van der Waals surface area contributed by atoms with Crippen LogP contribution in [0.2, 0.25) is 0 Å². The molecule has 126 valence electrons. The maximum absolute atomic E-state index is 13.0. The van der Waals surface area contributed by atoms with Crippen molar-refractivity contribution in [2.45, 2.75) is 0 Å². The molecule has 0 aliphatic heterocycles. The molecule has 2 N–H and O–H groups in total. The second-order valence-electron chi connectivity index (χ2n) is 5.28. The Morgan fingerprint density at radius 2 is 1.40 bits per heavy atom. The molecule has 25 heavy (non-hydrogen) atoms. The van der Waals surface area contributed by atoms with Gasteiger partial charge < -0.3 is 10.1 Å². The molecule has 0 aromatic heterocycles. The second kappa shape index (κ2) is 7.00. The number of amides is 2. The van der Waals surface area contributed by atoms with Crippen LogP contribution in [-0.4, -0.2) is 19.1 Å². The van der Waals surface area contributed by atoms with Crippen molar-refractivity contribution in [3.8, 4) is 0 Å². The van der Waals surface area contributed by atoms with Crippen LogP contribution < -0.4 is 10.6 Å². The van der Waals surface area contributed by atoms with Gasteiger partial charge in [0.2, 0.25) is 0 Å². The standard InChI is InChI=1S/C19H15FN2O3/c1-25-19(24)22-17-7-3-4-14-15(17)5-2-6-16(14)21-18(23)12-8-10-13(20)11-9-12/h2-11H,1H3,(H,21,23)(H,22,24). The summed E-state index contributed by atoms with van der Waals surface area (Å²) in [5, 5.41) is 6.96. The number of nitrogens with one attached hydrogen (secondary N) is 2. The summed E-state index contributed by atoms with van der Waals surface area (Å²) in [6, 6.07) is 16.0. The van der Waals surface area contributed by atoms with Crippen LogP contribution in [0.5, 0.6) is 0 Å². The Labute approximate surface area is 143 Å². The average Bonchev–Trinajstić information content (AvgIpc) is 2.63. The van der Waals surface area contributed by atoms with E-state index in [0.29, 0.717) is 16.9 Å². The SMILES string of the molecule is COC(=O)Nc1cccc2c(NC(=O)c3ccc(F)cc3)cccc12. The molecule has 2 amide bonds. The van der Waals surface area contributed by atoms with Gasteiger partial charge in [-0.1, -0.05) is 24.3 Å². The maximum atomic E-state index is 13.0. The highest BCUT2D eigenvalue weighted by Crippen LogP contribution is 2.29. The molecule has 5 nitrogen and oxygen atoms in total.